The largest absolute Gasteiger partial charge is 0.495 e. The summed E-state index contributed by atoms with van der Waals surface area (Å²) in [6.45, 7) is 1.71. The van der Waals surface area contributed by atoms with Gasteiger partial charge >= 0.3 is 0 Å². The second-order valence-electron chi connectivity index (χ2n) is 4.28. The van der Waals surface area contributed by atoms with Crippen LogP contribution < -0.4 is 15.2 Å². The third-order valence-corrected chi connectivity index (χ3v) is 4.62. The van der Waals surface area contributed by atoms with Crippen LogP contribution in [0.15, 0.2) is 39.8 Å². The third kappa shape index (κ3) is 3.45. The number of hydrogen-bond donors (Lipinski definition) is 2. The highest BCUT2D eigenvalue weighted by Gasteiger charge is 2.17. The number of methoxy groups -OCH3 is 1. The molecule has 0 saturated heterocycles. The number of aryl methyl sites for hydroxylation is 1. The van der Waals surface area contributed by atoms with Crippen molar-refractivity contribution in [3.63, 3.8) is 0 Å². The number of halogens is 1. The summed E-state index contributed by atoms with van der Waals surface area (Å²) >= 11 is 3.23. The van der Waals surface area contributed by atoms with Gasteiger partial charge in [0.1, 0.15) is 10.4 Å². The van der Waals surface area contributed by atoms with Crippen molar-refractivity contribution in [3.05, 3.63) is 40.6 Å². The van der Waals surface area contributed by atoms with Crippen LogP contribution in [0.2, 0.25) is 0 Å². The Kier molecular flexibility index (Phi) is 4.38. The number of anilines is 2. The van der Waals surface area contributed by atoms with Crippen molar-refractivity contribution < 1.29 is 13.2 Å². The quantitative estimate of drug-likeness (QED) is 0.635. The number of hydrogen-bond acceptors (Lipinski definition) is 5. The summed E-state index contributed by atoms with van der Waals surface area (Å²) in [5.74, 6) is 0.309. The molecule has 0 spiro atoms. The number of pyridine rings is 1. The number of aromatic nitrogens is 1. The van der Waals surface area contributed by atoms with Gasteiger partial charge in [-0.1, -0.05) is 0 Å². The first-order chi connectivity index (χ1) is 9.83. The van der Waals surface area contributed by atoms with Gasteiger partial charge in [-0.15, -0.1) is 0 Å². The predicted octanol–water partition coefficient (Wildman–Crippen LogP) is 2.54. The fourth-order valence-corrected chi connectivity index (χ4v) is 3.23. The molecule has 1 aromatic carbocycles. The molecule has 0 aliphatic carbocycles. The lowest BCUT2D eigenvalue weighted by Crippen LogP contribution is -2.14. The summed E-state index contributed by atoms with van der Waals surface area (Å²) in [7, 11) is -2.31. The molecule has 0 bridgehead atoms. The van der Waals surface area contributed by atoms with Crippen LogP contribution in [0.4, 0.5) is 11.4 Å². The molecule has 0 unspecified atom stereocenters. The molecule has 21 heavy (non-hydrogen) atoms. The molecule has 2 aromatic rings. The fourth-order valence-electron chi connectivity index (χ4n) is 1.70. The lowest BCUT2D eigenvalue weighted by atomic mass is 10.3. The van der Waals surface area contributed by atoms with Crippen LogP contribution in [0.25, 0.3) is 0 Å². The number of sulfonamides is 1. The number of nitrogens with one attached hydrogen (secondary N) is 1. The van der Waals surface area contributed by atoms with Gasteiger partial charge < -0.3 is 10.5 Å². The number of benzene rings is 1. The second kappa shape index (κ2) is 5.90. The zero-order valence-corrected chi connectivity index (χ0v) is 13.8. The molecule has 0 saturated carbocycles. The van der Waals surface area contributed by atoms with Gasteiger partial charge in [0.05, 0.1) is 29.1 Å². The molecule has 112 valence electrons. The topological polar surface area (TPSA) is 94.3 Å². The second-order valence-corrected chi connectivity index (χ2v) is 6.77. The van der Waals surface area contributed by atoms with E-state index in [9.17, 15) is 8.42 Å². The van der Waals surface area contributed by atoms with Crippen LogP contribution in [-0.4, -0.2) is 20.5 Å². The van der Waals surface area contributed by atoms with Gasteiger partial charge in [-0.2, -0.15) is 0 Å². The molecule has 8 heteroatoms. The lowest BCUT2D eigenvalue weighted by Gasteiger charge is -2.12. The van der Waals surface area contributed by atoms with E-state index >= 15 is 0 Å². The van der Waals surface area contributed by atoms with E-state index < -0.39 is 10.0 Å². The van der Waals surface area contributed by atoms with Gasteiger partial charge in [0.2, 0.25) is 0 Å². The van der Waals surface area contributed by atoms with E-state index in [0.29, 0.717) is 27.4 Å². The van der Waals surface area contributed by atoms with E-state index in [1.807, 2.05) is 0 Å². The normalized spacial score (nSPS) is 11.2. The van der Waals surface area contributed by atoms with Gasteiger partial charge in [-0.3, -0.25) is 4.72 Å². The molecular weight excluding hydrogens is 358 g/mol. The molecule has 0 amide bonds. The zero-order chi connectivity index (χ0) is 15.6. The zero-order valence-electron chi connectivity index (χ0n) is 11.4. The molecule has 2 rings (SSSR count). The van der Waals surface area contributed by atoms with Crippen LogP contribution in [-0.2, 0) is 10.0 Å². The van der Waals surface area contributed by atoms with Crippen LogP contribution in [0.1, 0.15) is 5.69 Å². The van der Waals surface area contributed by atoms with Crippen LogP contribution >= 0.6 is 15.9 Å². The molecule has 1 heterocycles. The molecule has 0 fully saturated rings. The molecule has 0 aliphatic heterocycles. The van der Waals surface area contributed by atoms with Crippen molar-refractivity contribution in [3.8, 4) is 5.75 Å². The first-order valence-corrected chi connectivity index (χ1v) is 8.20. The van der Waals surface area contributed by atoms with E-state index in [2.05, 4.69) is 25.6 Å². The molecule has 0 radical (unpaired) electrons. The Balaban J connectivity index is 2.38. The highest BCUT2D eigenvalue weighted by molar-refractivity contribution is 9.10. The van der Waals surface area contributed by atoms with Gasteiger partial charge in [0.25, 0.3) is 10.0 Å². The summed E-state index contributed by atoms with van der Waals surface area (Å²) in [5.41, 5.74) is 7.03. The summed E-state index contributed by atoms with van der Waals surface area (Å²) in [5, 5.41) is 0. The van der Waals surface area contributed by atoms with Gasteiger partial charge in [-0.05, 0) is 47.1 Å². The third-order valence-electron chi connectivity index (χ3n) is 2.81. The molecular formula is C13H14BrN3O3S. The molecule has 0 aliphatic rings. The highest BCUT2D eigenvalue weighted by Crippen LogP contribution is 2.26. The van der Waals surface area contributed by atoms with E-state index in [1.165, 1.54) is 25.3 Å². The van der Waals surface area contributed by atoms with Crippen molar-refractivity contribution in [2.75, 3.05) is 17.6 Å². The summed E-state index contributed by atoms with van der Waals surface area (Å²) in [6.07, 6.45) is 0. The Bertz CT molecular complexity index is 778. The van der Waals surface area contributed by atoms with Crippen LogP contribution in [0, 0.1) is 6.92 Å². The number of ether oxygens (including phenoxy) is 1. The van der Waals surface area contributed by atoms with Crippen molar-refractivity contribution in [2.45, 2.75) is 11.8 Å². The Labute approximate surface area is 131 Å². The first-order valence-electron chi connectivity index (χ1n) is 5.93. The average Bonchev–Trinajstić information content (AvgIpc) is 2.42. The SMILES string of the molecule is COc1cc(S(=O)(=O)Nc2ccc(Br)nc2C)ccc1N. The van der Waals surface area contributed by atoms with E-state index in [1.54, 1.807) is 19.1 Å². The maximum absolute atomic E-state index is 12.4. The maximum atomic E-state index is 12.4. The van der Waals surface area contributed by atoms with Crippen molar-refractivity contribution >= 4 is 37.3 Å². The molecule has 0 atom stereocenters. The Hall–Kier alpha value is -1.80. The predicted molar refractivity (Wildman–Crippen MR) is 84.9 cm³/mol. The fraction of sp³-hybridized carbons (Fsp3) is 0.154. The van der Waals surface area contributed by atoms with Crippen molar-refractivity contribution in [1.82, 2.24) is 4.98 Å². The van der Waals surface area contributed by atoms with E-state index in [4.69, 9.17) is 10.5 Å². The van der Waals surface area contributed by atoms with E-state index in [-0.39, 0.29) is 4.90 Å². The standard InChI is InChI=1S/C13H14BrN3O3S/c1-8-11(5-6-13(14)16-8)17-21(18,19)9-3-4-10(15)12(7-9)20-2/h3-7,17H,15H2,1-2H3. The van der Waals surface area contributed by atoms with Crippen molar-refractivity contribution in [1.29, 1.82) is 0 Å². The minimum Gasteiger partial charge on any atom is -0.495 e. The minimum absolute atomic E-state index is 0.0656. The maximum Gasteiger partial charge on any atom is 0.262 e. The van der Waals surface area contributed by atoms with Gasteiger partial charge in [0, 0.05) is 6.07 Å². The summed E-state index contributed by atoms with van der Waals surface area (Å²) in [4.78, 5) is 4.21. The molecule has 6 nitrogen and oxygen atoms in total. The minimum atomic E-state index is -3.74. The van der Waals surface area contributed by atoms with E-state index in [0.717, 1.165) is 0 Å². The molecule has 1 aromatic heterocycles. The highest BCUT2D eigenvalue weighted by atomic mass is 79.9. The number of nitrogens with two attached hydrogens (primary N) is 1. The summed E-state index contributed by atoms with van der Waals surface area (Å²) < 4.78 is 32.9. The molecule has 3 N–H and O–H groups in total. The van der Waals surface area contributed by atoms with Gasteiger partial charge in [-0.25, -0.2) is 13.4 Å². The number of nitrogen functional groups attached to an aromatic ring is 1. The lowest BCUT2D eigenvalue weighted by molar-refractivity contribution is 0.415. The number of nitrogens with zero attached hydrogens (tertiary/aromatic N) is 1. The summed E-state index contributed by atoms with van der Waals surface area (Å²) in [6, 6.07) is 7.58. The monoisotopic (exact) mass is 371 g/mol. The van der Waals surface area contributed by atoms with Crippen LogP contribution in [0.3, 0.4) is 0 Å². The van der Waals surface area contributed by atoms with Crippen molar-refractivity contribution in [2.24, 2.45) is 0 Å². The Morgan fingerprint density at radius 3 is 2.62 bits per heavy atom. The number of rotatable bonds is 4. The first kappa shape index (κ1) is 15.6. The smallest absolute Gasteiger partial charge is 0.262 e. The average molecular weight is 372 g/mol. The Morgan fingerprint density at radius 2 is 2.00 bits per heavy atom. The van der Waals surface area contributed by atoms with Crippen LogP contribution in [0.5, 0.6) is 5.75 Å². The Morgan fingerprint density at radius 1 is 1.29 bits per heavy atom. The van der Waals surface area contributed by atoms with Gasteiger partial charge in [0.15, 0.2) is 0 Å².